The van der Waals surface area contributed by atoms with Crippen LogP contribution in [0.5, 0.6) is 0 Å². The normalized spacial score (nSPS) is 27.4. The molecule has 1 N–H and O–H groups in total. The van der Waals surface area contributed by atoms with E-state index >= 15 is 0 Å². The smallest absolute Gasteiger partial charge is 0.106 e. The molecule has 0 saturated carbocycles. The second-order valence-electron chi connectivity index (χ2n) is 4.55. The van der Waals surface area contributed by atoms with Gasteiger partial charge in [-0.2, -0.15) is 0 Å². The lowest BCUT2D eigenvalue weighted by Gasteiger charge is -2.26. The standard InChI is InChI=1S/C11H23NO2/c1-10(2)4-6-12-8-11(13-3)5-7-14-9-11/h10,12H,4-9H2,1-3H3. The molecule has 0 aromatic heterocycles. The summed E-state index contributed by atoms with van der Waals surface area (Å²) in [6, 6.07) is 0. The van der Waals surface area contributed by atoms with Crippen molar-refractivity contribution in [1.82, 2.24) is 5.32 Å². The maximum atomic E-state index is 5.52. The Hall–Kier alpha value is -0.120. The van der Waals surface area contributed by atoms with Crippen molar-refractivity contribution in [3.63, 3.8) is 0 Å². The van der Waals surface area contributed by atoms with Crippen molar-refractivity contribution in [3.05, 3.63) is 0 Å². The van der Waals surface area contributed by atoms with Crippen LogP contribution in [0.4, 0.5) is 0 Å². The van der Waals surface area contributed by atoms with E-state index < -0.39 is 0 Å². The van der Waals surface area contributed by atoms with Crippen molar-refractivity contribution in [1.29, 1.82) is 0 Å². The first-order chi connectivity index (χ1) is 6.68. The van der Waals surface area contributed by atoms with Gasteiger partial charge in [0.15, 0.2) is 0 Å². The van der Waals surface area contributed by atoms with E-state index in [0.717, 1.165) is 38.6 Å². The third-order valence-corrected chi connectivity index (χ3v) is 2.85. The third-order valence-electron chi connectivity index (χ3n) is 2.85. The first kappa shape index (κ1) is 12.0. The lowest BCUT2D eigenvalue weighted by atomic mass is 10.0. The number of nitrogens with one attached hydrogen (secondary N) is 1. The van der Waals surface area contributed by atoms with E-state index in [1.165, 1.54) is 6.42 Å². The van der Waals surface area contributed by atoms with Gasteiger partial charge in [-0.3, -0.25) is 0 Å². The van der Waals surface area contributed by atoms with Crippen LogP contribution in [0.3, 0.4) is 0 Å². The van der Waals surface area contributed by atoms with Gasteiger partial charge in [-0.15, -0.1) is 0 Å². The van der Waals surface area contributed by atoms with Gasteiger partial charge in [0.25, 0.3) is 0 Å². The molecule has 3 nitrogen and oxygen atoms in total. The molecule has 0 radical (unpaired) electrons. The number of ether oxygens (including phenoxy) is 2. The zero-order valence-corrected chi connectivity index (χ0v) is 9.64. The molecule has 0 aromatic carbocycles. The largest absolute Gasteiger partial charge is 0.378 e. The summed E-state index contributed by atoms with van der Waals surface area (Å²) in [5, 5.41) is 3.45. The number of hydrogen-bond acceptors (Lipinski definition) is 3. The Bertz CT molecular complexity index is 153. The maximum absolute atomic E-state index is 5.52. The summed E-state index contributed by atoms with van der Waals surface area (Å²) in [5.41, 5.74) is -0.0586. The van der Waals surface area contributed by atoms with Crippen molar-refractivity contribution in [2.45, 2.75) is 32.3 Å². The van der Waals surface area contributed by atoms with Crippen molar-refractivity contribution >= 4 is 0 Å². The average molecular weight is 201 g/mol. The van der Waals surface area contributed by atoms with E-state index in [2.05, 4.69) is 19.2 Å². The molecule has 0 amide bonds. The molecule has 0 aromatic rings. The summed E-state index contributed by atoms with van der Waals surface area (Å²) in [7, 11) is 1.78. The first-order valence-electron chi connectivity index (χ1n) is 5.52. The van der Waals surface area contributed by atoms with Crippen molar-refractivity contribution in [3.8, 4) is 0 Å². The van der Waals surface area contributed by atoms with E-state index in [1.54, 1.807) is 7.11 Å². The highest BCUT2D eigenvalue weighted by Crippen LogP contribution is 2.21. The summed E-state index contributed by atoms with van der Waals surface area (Å²) >= 11 is 0. The molecule has 1 aliphatic heterocycles. The van der Waals surface area contributed by atoms with E-state index in [1.807, 2.05) is 0 Å². The Balaban J connectivity index is 2.15. The average Bonchev–Trinajstić information content (AvgIpc) is 2.62. The summed E-state index contributed by atoms with van der Waals surface area (Å²) < 4.78 is 10.9. The van der Waals surface area contributed by atoms with E-state index in [-0.39, 0.29) is 5.60 Å². The van der Waals surface area contributed by atoms with Crippen LogP contribution >= 0.6 is 0 Å². The van der Waals surface area contributed by atoms with Crippen molar-refractivity contribution in [2.75, 3.05) is 33.4 Å². The molecule has 14 heavy (non-hydrogen) atoms. The lowest BCUT2D eigenvalue weighted by Crippen LogP contribution is -2.43. The van der Waals surface area contributed by atoms with Gasteiger partial charge in [0, 0.05) is 26.7 Å². The van der Waals surface area contributed by atoms with E-state index in [0.29, 0.717) is 0 Å². The fourth-order valence-corrected chi connectivity index (χ4v) is 1.67. The molecule has 1 atom stereocenters. The summed E-state index contributed by atoms with van der Waals surface area (Å²) in [5.74, 6) is 0.765. The highest BCUT2D eigenvalue weighted by Gasteiger charge is 2.34. The van der Waals surface area contributed by atoms with Gasteiger partial charge in [0.2, 0.25) is 0 Å². The monoisotopic (exact) mass is 201 g/mol. The summed E-state index contributed by atoms with van der Waals surface area (Å²) in [4.78, 5) is 0. The van der Waals surface area contributed by atoms with Crippen LogP contribution in [-0.4, -0.2) is 39.0 Å². The molecule has 84 valence electrons. The molecule has 0 aliphatic carbocycles. The molecular weight excluding hydrogens is 178 g/mol. The summed E-state index contributed by atoms with van der Waals surface area (Å²) in [6.07, 6.45) is 2.23. The SMILES string of the molecule is COC1(CNCCC(C)C)CCOC1. The number of rotatable bonds is 6. The minimum atomic E-state index is -0.0586. The van der Waals surface area contributed by atoms with E-state index in [9.17, 15) is 0 Å². The van der Waals surface area contributed by atoms with Crippen molar-refractivity contribution < 1.29 is 9.47 Å². The Kier molecular flexibility index (Phi) is 4.85. The third kappa shape index (κ3) is 3.56. The number of methoxy groups -OCH3 is 1. The molecule has 1 fully saturated rings. The molecule has 1 heterocycles. The quantitative estimate of drug-likeness (QED) is 0.659. The van der Waals surface area contributed by atoms with E-state index in [4.69, 9.17) is 9.47 Å². The second-order valence-corrected chi connectivity index (χ2v) is 4.55. The molecule has 1 unspecified atom stereocenters. The van der Waals surface area contributed by atoms with Crippen molar-refractivity contribution in [2.24, 2.45) is 5.92 Å². The molecule has 1 saturated heterocycles. The molecule has 0 spiro atoms. The zero-order chi connectivity index (χ0) is 10.4. The minimum absolute atomic E-state index is 0.0586. The molecular formula is C11H23NO2. The minimum Gasteiger partial charge on any atom is -0.378 e. The predicted molar refractivity (Wildman–Crippen MR) is 57.5 cm³/mol. The van der Waals surface area contributed by atoms with Gasteiger partial charge >= 0.3 is 0 Å². The van der Waals surface area contributed by atoms with Gasteiger partial charge < -0.3 is 14.8 Å². The van der Waals surface area contributed by atoms with Gasteiger partial charge in [0.05, 0.1) is 6.61 Å². The highest BCUT2D eigenvalue weighted by atomic mass is 16.5. The maximum Gasteiger partial charge on any atom is 0.106 e. The second kappa shape index (κ2) is 5.69. The van der Waals surface area contributed by atoms with Crippen LogP contribution in [-0.2, 0) is 9.47 Å². The molecule has 1 aliphatic rings. The highest BCUT2D eigenvalue weighted by molar-refractivity contribution is 4.86. The van der Waals surface area contributed by atoms with Gasteiger partial charge in [-0.25, -0.2) is 0 Å². The van der Waals surface area contributed by atoms with Crippen LogP contribution in [0.15, 0.2) is 0 Å². The van der Waals surface area contributed by atoms with Gasteiger partial charge in [0.1, 0.15) is 5.60 Å². The Morgan fingerprint density at radius 2 is 2.29 bits per heavy atom. The predicted octanol–water partition coefficient (Wildman–Crippen LogP) is 1.43. The van der Waals surface area contributed by atoms with Gasteiger partial charge in [-0.1, -0.05) is 13.8 Å². The van der Waals surface area contributed by atoms with Crippen LogP contribution in [0.25, 0.3) is 0 Å². The lowest BCUT2D eigenvalue weighted by molar-refractivity contribution is -0.0157. The van der Waals surface area contributed by atoms with Gasteiger partial charge in [-0.05, 0) is 18.9 Å². The molecule has 0 bridgehead atoms. The number of hydrogen-bond donors (Lipinski definition) is 1. The fourth-order valence-electron chi connectivity index (χ4n) is 1.67. The fraction of sp³-hybridized carbons (Fsp3) is 1.00. The molecule has 1 rings (SSSR count). The Labute approximate surface area is 87.2 Å². The van der Waals surface area contributed by atoms with Crippen LogP contribution in [0, 0.1) is 5.92 Å². The first-order valence-corrected chi connectivity index (χ1v) is 5.52. The van der Waals surface area contributed by atoms with Crippen LogP contribution in [0.2, 0.25) is 0 Å². The van der Waals surface area contributed by atoms with Crippen LogP contribution in [0.1, 0.15) is 26.7 Å². The Morgan fingerprint density at radius 3 is 2.79 bits per heavy atom. The molecule has 3 heteroatoms. The topological polar surface area (TPSA) is 30.5 Å². The Morgan fingerprint density at radius 1 is 1.50 bits per heavy atom. The zero-order valence-electron chi connectivity index (χ0n) is 9.64. The summed E-state index contributed by atoms with van der Waals surface area (Å²) in [6.45, 7) is 8.04. The van der Waals surface area contributed by atoms with Crippen LogP contribution < -0.4 is 5.32 Å².